The van der Waals surface area contributed by atoms with Crippen LogP contribution in [0.2, 0.25) is 0 Å². The number of rotatable bonds is 8. The second kappa shape index (κ2) is 8.11. The molecular formula is C11H18F3N5OS. The van der Waals surface area contributed by atoms with Gasteiger partial charge in [-0.05, 0) is 6.42 Å². The van der Waals surface area contributed by atoms with Crippen molar-refractivity contribution in [3.63, 3.8) is 0 Å². The molecule has 0 aliphatic carbocycles. The third-order valence-corrected chi connectivity index (χ3v) is 3.55. The number of nitrogens with two attached hydrogens (primary N) is 1. The summed E-state index contributed by atoms with van der Waals surface area (Å²) in [6.45, 7) is 2.65. The Labute approximate surface area is 124 Å². The number of aromatic nitrogens is 3. The van der Waals surface area contributed by atoms with Crippen molar-refractivity contribution >= 4 is 17.7 Å². The van der Waals surface area contributed by atoms with Gasteiger partial charge in [0.25, 0.3) is 5.82 Å². The van der Waals surface area contributed by atoms with Crippen molar-refractivity contribution in [1.29, 1.82) is 0 Å². The van der Waals surface area contributed by atoms with Crippen molar-refractivity contribution in [2.24, 2.45) is 0 Å². The van der Waals surface area contributed by atoms with Crippen LogP contribution in [0.1, 0.15) is 38.4 Å². The van der Waals surface area contributed by atoms with Gasteiger partial charge in [0.05, 0.1) is 5.75 Å². The molecule has 0 atom stereocenters. The van der Waals surface area contributed by atoms with Crippen LogP contribution in [0, 0.1) is 0 Å². The van der Waals surface area contributed by atoms with E-state index in [1.807, 2.05) is 0 Å². The molecule has 1 rings (SSSR count). The molecule has 1 aromatic heterocycles. The van der Waals surface area contributed by atoms with Gasteiger partial charge < -0.3 is 11.2 Å². The largest absolute Gasteiger partial charge is 0.453 e. The zero-order valence-corrected chi connectivity index (χ0v) is 12.4. The molecule has 0 aliphatic heterocycles. The highest BCUT2D eigenvalue weighted by molar-refractivity contribution is 7.99. The summed E-state index contributed by atoms with van der Waals surface area (Å²) in [5.74, 6) is 3.64. The molecular weight excluding hydrogens is 307 g/mol. The van der Waals surface area contributed by atoms with Gasteiger partial charge in [-0.2, -0.15) is 13.2 Å². The molecule has 0 spiro atoms. The van der Waals surface area contributed by atoms with Crippen molar-refractivity contribution < 1.29 is 18.0 Å². The maximum Gasteiger partial charge on any atom is 0.453 e. The Morgan fingerprint density at radius 2 is 2.05 bits per heavy atom. The molecule has 0 radical (unpaired) electrons. The van der Waals surface area contributed by atoms with E-state index in [-0.39, 0.29) is 16.8 Å². The number of hydrogen-bond acceptors (Lipinski definition) is 5. The Bertz CT molecular complexity index is 463. The first kappa shape index (κ1) is 17.6. The Hall–Kier alpha value is -1.45. The molecule has 6 nitrogen and oxygen atoms in total. The van der Waals surface area contributed by atoms with E-state index in [9.17, 15) is 18.0 Å². The van der Waals surface area contributed by atoms with Crippen molar-refractivity contribution in [2.45, 2.75) is 43.9 Å². The van der Waals surface area contributed by atoms with Gasteiger partial charge >= 0.3 is 6.18 Å². The van der Waals surface area contributed by atoms with Crippen LogP contribution in [0.5, 0.6) is 0 Å². The number of carbonyl (C=O) groups excluding carboxylic acids is 1. The van der Waals surface area contributed by atoms with Crippen LogP contribution >= 0.6 is 11.8 Å². The van der Waals surface area contributed by atoms with Crippen molar-refractivity contribution in [1.82, 2.24) is 20.2 Å². The van der Waals surface area contributed by atoms with Gasteiger partial charge in [-0.15, -0.1) is 10.2 Å². The van der Waals surface area contributed by atoms with Gasteiger partial charge in [-0.1, -0.05) is 37.9 Å². The number of hydrogen-bond donors (Lipinski definition) is 2. The Morgan fingerprint density at radius 1 is 1.33 bits per heavy atom. The number of nitrogens with one attached hydrogen (secondary N) is 1. The molecule has 0 bridgehead atoms. The average molecular weight is 325 g/mol. The molecule has 0 saturated carbocycles. The topological polar surface area (TPSA) is 85.8 Å². The second-order valence-electron chi connectivity index (χ2n) is 4.37. The highest BCUT2D eigenvalue weighted by Crippen LogP contribution is 2.28. The number of nitrogens with zero attached hydrogens (tertiary/aromatic N) is 3. The van der Waals surface area contributed by atoms with Gasteiger partial charge in [0.1, 0.15) is 0 Å². The van der Waals surface area contributed by atoms with E-state index in [1.54, 1.807) is 0 Å². The molecule has 0 saturated heterocycles. The molecule has 1 aromatic rings. The van der Waals surface area contributed by atoms with E-state index < -0.39 is 12.0 Å². The Kier molecular flexibility index (Phi) is 6.79. The predicted molar refractivity (Wildman–Crippen MR) is 73.1 cm³/mol. The van der Waals surface area contributed by atoms with Crippen LogP contribution in [0.3, 0.4) is 0 Å². The summed E-state index contributed by atoms with van der Waals surface area (Å²) in [7, 11) is 0. The number of nitrogen functional groups attached to an aromatic ring is 1. The fourth-order valence-corrected chi connectivity index (χ4v) is 2.22. The van der Waals surface area contributed by atoms with Gasteiger partial charge in [0, 0.05) is 6.54 Å². The Balaban J connectivity index is 2.35. The minimum absolute atomic E-state index is 0.0546. The van der Waals surface area contributed by atoms with Crippen molar-refractivity contribution in [2.75, 3.05) is 18.1 Å². The molecule has 120 valence electrons. The molecule has 0 fully saturated rings. The van der Waals surface area contributed by atoms with Crippen molar-refractivity contribution in [3.8, 4) is 0 Å². The summed E-state index contributed by atoms with van der Waals surface area (Å²) < 4.78 is 37.7. The van der Waals surface area contributed by atoms with Gasteiger partial charge in [0.2, 0.25) is 11.1 Å². The second-order valence-corrected chi connectivity index (χ2v) is 5.32. The Morgan fingerprint density at radius 3 is 2.62 bits per heavy atom. The van der Waals surface area contributed by atoms with Crippen LogP contribution in [-0.4, -0.2) is 33.1 Å². The lowest BCUT2D eigenvalue weighted by Crippen LogP contribution is -2.26. The highest BCUT2D eigenvalue weighted by Gasteiger charge is 2.38. The number of alkyl halides is 3. The minimum Gasteiger partial charge on any atom is -0.355 e. The number of thioether (sulfide) groups is 1. The highest BCUT2D eigenvalue weighted by atomic mass is 32.2. The van der Waals surface area contributed by atoms with Gasteiger partial charge in [-0.3, -0.25) is 4.79 Å². The average Bonchev–Trinajstić information content (AvgIpc) is 2.77. The van der Waals surface area contributed by atoms with Crippen LogP contribution < -0.4 is 11.2 Å². The summed E-state index contributed by atoms with van der Waals surface area (Å²) in [5.41, 5.74) is 0. The molecule has 3 N–H and O–H groups in total. The smallest absolute Gasteiger partial charge is 0.355 e. The van der Waals surface area contributed by atoms with E-state index >= 15 is 0 Å². The third-order valence-electron chi connectivity index (χ3n) is 2.60. The zero-order valence-electron chi connectivity index (χ0n) is 11.6. The zero-order chi connectivity index (χ0) is 15.9. The maximum absolute atomic E-state index is 12.4. The summed E-state index contributed by atoms with van der Waals surface area (Å²) in [6.07, 6.45) is -0.522. The number of amides is 1. The van der Waals surface area contributed by atoms with E-state index in [0.29, 0.717) is 11.2 Å². The standard InChI is InChI=1S/C11H18F3N5OS/c1-2-3-4-5-6-16-8(20)7-21-10-18-17-9(19(10)15)11(12,13)14/h2-7,15H2,1H3,(H,16,20). The molecule has 21 heavy (non-hydrogen) atoms. The molecule has 0 unspecified atom stereocenters. The predicted octanol–water partition coefficient (Wildman–Crippen LogP) is 1.80. The quantitative estimate of drug-likeness (QED) is 0.432. The fraction of sp³-hybridized carbons (Fsp3) is 0.727. The first-order valence-corrected chi connectivity index (χ1v) is 7.52. The van der Waals surface area contributed by atoms with Crippen LogP contribution in [0.4, 0.5) is 13.2 Å². The lowest BCUT2D eigenvalue weighted by molar-refractivity contribution is -0.146. The van der Waals surface area contributed by atoms with Crippen molar-refractivity contribution in [3.05, 3.63) is 5.82 Å². The summed E-state index contributed by atoms with van der Waals surface area (Å²) in [6, 6.07) is 0. The SMILES string of the molecule is CCCCCCNC(=O)CSc1nnc(C(F)(F)F)n1N. The third kappa shape index (κ3) is 5.82. The molecule has 1 heterocycles. The monoisotopic (exact) mass is 325 g/mol. The van der Waals surface area contributed by atoms with E-state index in [2.05, 4.69) is 22.4 Å². The van der Waals surface area contributed by atoms with Crippen LogP contribution in [0.25, 0.3) is 0 Å². The van der Waals surface area contributed by atoms with E-state index in [4.69, 9.17) is 5.84 Å². The van der Waals surface area contributed by atoms with Gasteiger partial charge in [0.15, 0.2) is 0 Å². The number of halogens is 3. The summed E-state index contributed by atoms with van der Waals surface area (Å²) in [5, 5.41) is 8.84. The van der Waals surface area contributed by atoms with Crippen LogP contribution in [-0.2, 0) is 11.0 Å². The van der Waals surface area contributed by atoms with E-state index in [1.165, 1.54) is 0 Å². The fourth-order valence-electron chi connectivity index (χ4n) is 1.53. The number of unbranched alkanes of at least 4 members (excludes halogenated alkanes) is 3. The summed E-state index contributed by atoms with van der Waals surface area (Å²) >= 11 is 0.813. The van der Waals surface area contributed by atoms with Crippen LogP contribution in [0.15, 0.2) is 5.16 Å². The lowest BCUT2D eigenvalue weighted by atomic mass is 10.2. The first-order valence-electron chi connectivity index (χ1n) is 6.53. The van der Waals surface area contributed by atoms with E-state index in [0.717, 1.165) is 37.4 Å². The minimum atomic E-state index is -4.66. The first-order chi connectivity index (χ1) is 9.86. The molecule has 0 aliphatic rings. The molecule has 0 aromatic carbocycles. The van der Waals surface area contributed by atoms with Gasteiger partial charge in [-0.25, -0.2) is 4.68 Å². The maximum atomic E-state index is 12.4. The summed E-state index contributed by atoms with van der Waals surface area (Å²) in [4.78, 5) is 11.5. The molecule has 1 amide bonds. The number of carbonyl (C=O) groups is 1. The molecule has 10 heteroatoms. The normalized spacial score (nSPS) is 11.6. The lowest BCUT2D eigenvalue weighted by Gasteiger charge is -2.06.